The van der Waals surface area contributed by atoms with Gasteiger partial charge in [0.1, 0.15) is 0 Å². The average molecular weight is 193 g/mol. The van der Waals surface area contributed by atoms with E-state index in [0.29, 0.717) is 10.8 Å². The summed E-state index contributed by atoms with van der Waals surface area (Å²) in [6.07, 6.45) is 4.80. The van der Waals surface area contributed by atoms with Crippen molar-refractivity contribution in [1.29, 1.82) is 0 Å². The van der Waals surface area contributed by atoms with Crippen molar-refractivity contribution < 1.29 is 4.79 Å². The molecule has 1 amide bonds. The van der Waals surface area contributed by atoms with Gasteiger partial charge in [0.15, 0.2) is 0 Å². The summed E-state index contributed by atoms with van der Waals surface area (Å²) < 4.78 is 0. The van der Waals surface area contributed by atoms with E-state index in [4.69, 9.17) is 0 Å². The van der Waals surface area contributed by atoms with E-state index in [1.807, 2.05) is 0 Å². The van der Waals surface area contributed by atoms with E-state index in [0.717, 1.165) is 24.8 Å². The highest BCUT2D eigenvalue weighted by molar-refractivity contribution is 5.79. The van der Waals surface area contributed by atoms with Crippen molar-refractivity contribution in [2.45, 2.75) is 39.5 Å². The maximum atomic E-state index is 11.4. The Kier molecular flexibility index (Phi) is 1.46. The Labute approximate surface area is 85.4 Å². The van der Waals surface area contributed by atoms with Gasteiger partial charge in [0.05, 0.1) is 0 Å². The van der Waals surface area contributed by atoms with Gasteiger partial charge in [-0.1, -0.05) is 13.8 Å². The first-order valence-corrected chi connectivity index (χ1v) is 5.81. The lowest BCUT2D eigenvalue weighted by Crippen LogP contribution is -2.58. The molecule has 3 unspecified atom stereocenters. The molecular weight excluding hydrogens is 174 g/mol. The van der Waals surface area contributed by atoms with Crippen molar-refractivity contribution in [2.24, 2.45) is 22.7 Å². The molecule has 14 heavy (non-hydrogen) atoms. The lowest BCUT2D eigenvalue weighted by Gasteiger charge is -2.64. The van der Waals surface area contributed by atoms with Crippen LogP contribution in [-0.4, -0.2) is 12.5 Å². The molecule has 2 heteroatoms. The first-order chi connectivity index (χ1) is 6.55. The van der Waals surface area contributed by atoms with Crippen LogP contribution in [0.5, 0.6) is 0 Å². The van der Waals surface area contributed by atoms with Gasteiger partial charge < -0.3 is 5.32 Å². The first kappa shape index (κ1) is 8.75. The lowest BCUT2D eigenvalue weighted by atomic mass is 9.40. The third-order valence-corrected chi connectivity index (χ3v) is 5.35. The second-order valence-electron chi connectivity index (χ2n) is 6.16. The van der Waals surface area contributed by atoms with Crippen LogP contribution in [0, 0.1) is 22.7 Å². The average Bonchev–Trinajstić information content (AvgIpc) is 2.47. The van der Waals surface area contributed by atoms with Gasteiger partial charge in [-0.2, -0.15) is 0 Å². The first-order valence-electron chi connectivity index (χ1n) is 5.81. The number of nitrogens with one attached hydrogen (secondary N) is 1. The second-order valence-corrected chi connectivity index (χ2v) is 6.16. The van der Waals surface area contributed by atoms with Crippen LogP contribution in [0.4, 0.5) is 0 Å². The Hall–Kier alpha value is -0.530. The van der Waals surface area contributed by atoms with Gasteiger partial charge in [0.2, 0.25) is 5.91 Å². The molecule has 2 bridgehead atoms. The summed E-state index contributed by atoms with van der Waals surface area (Å²) in [4.78, 5) is 11.4. The third-order valence-electron chi connectivity index (χ3n) is 5.35. The maximum Gasteiger partial charge on any atom is 0.220 e. The van der Waals surface area contributed by atoms with Gasteiger partial charge in [-0.25, -0.2) is 0 Å². The van der Waals surface area contributed by atoms with E-state index in [9.17, 15) is 4.79 Å². The molecule has 3 saturated carbocycles. The largest absolute Gasteiger partial charge is 0.356 e. The van der Waals surface area contributed by atoms with Crippen molar-refractivity contribution >= 4 is 5.91 Å². The van der Waals surface area contributed by atoms with E-state index >= 15 is 0 Å². The molecule has 78 valence electrons. The molecule has 4 rings (SSSR count). The highest BCUT2D eigenvalue weighted by Gasteiger charge is 2.62. The number of carbonyl (C=O) groups excluding carboxylic acids is 1. The van der Waals surface area contributed by atoms with E-state index in [2.05, 4.69) is 19.2 Å². The molecule has 1 spiro atoms. The minimum Gasteiger partial charge on any atom is -0.356 e. The molecule has 2 nitrogen and oxygen atoms in total. The fourth-order valence-electron chi connectivity index (χ4n) is 4.32. The molecule has 0 aromatic heterocycles. The molecule has 3 aliphatic carbocycles. The van der Waals surface area contributed by atoms with Crippen LogP contribution in [0.2, 0.25) is 0 Å². The summed E-state index contributed by atoms with van der Waals surface area (Å²) in [7, 11) is 0. The fourth-order valence-corrected chi connectivity index (χ4v) is 4.32. The summed E-state index contributed by atoms with van der Waals surface area (Å²) in [5.41, 5.74) is 0.847. The normalized spacial score (nSPS) is 48.9. The third kappa shape index (κ3) is 0.850. The Morgan fingerprint density at radius 1 is 1.43 bits per heavy atom. The quantitative estimate of drug-likeness (QED) is 0.626. The Balaban J connectivity index is 1.91. The standard InChI is InChI=1S/C12H19NO/c1-11(2)8-3-4-12(9(11)5-8)6-10(14)13-7-12/h8-9H,3-7H2,1-2H3,(H,13,14). The lowest BCUT2D eigenvalue weighted by molar-refractivity contribution is -0.151. The molecule has 3 atom stereocenters. The SMILES string of the molecule is CC1(C)C2CCC3(CNC(=O)C3)C1C2. The zero-order valence-corrected chi connectivity index (χ0v) is 9.10. The van der Waals surface area contributed by atoms with Gasteiger partial charge in [-0.3, -0.25) is 4.79 Å². The molecule has 1 heterocycles. The number of rotatable bonds is 0. The molecule has 0 aromatic rings. The van der Waals surface area contributed by atoms with E-state index in [1.54, 1.807) is 0 Å². The summed E-state index contributed by atoms with van der Waals surface area (Å²) in [5, 5.41) is 3.03. The smallest absolute Gasteiger partial charge is 0.220 e. The van der Waals surface area contributed by atoms with Crippen molar-refractivity contribution in [3.63, 3.8) is 0 Å². The minimum absolute atomic E-state index is 0.283. The number of amides is 1. The van der Waals surface area contributed by atoms with Crippen LogP contribution in [0.1, 0.15) is 39.5 Å². The van der Waals surface area contributed by atoms with E-state index < -0.39 is 0 Å². The van der Waals surface area contributed by atoms with Crippen LogP contribution < -0.4 is 5.32 Å². The predicted molar refractivity (Wildman–Crippen MR) is 54.7 cm³/mol. The number of hydrogen-bond acceptors (Lipinski definition) is 1. The van der Waals surface area contributed by atoms with Gasteiger partial charge in [0.25, 0.3) is 0 Å². The molecule has 1 N–H and O–H groups in total. The molecular formula is C12H19NO. The van der Waals surface area contributed by atoms with Gasteiger partial charge >= 0.3 is 0 Å². The van der Waals surface area contributed by atoms with E-state index in [-0.39, 0.29) is 5.91 Å². The highest BCUT2D eigenvalue weighted by atomic mass is 16.1. The van der Waals surface area contributed by atoms with Crippen molar-refractivity contribution in [3.8, 4) is 0 Å². The topological polar surface area (TPSA) is 29.1 Å². The summed E-state index contributed by atoms with van der Waals surface area (Å²) in [6, 6.07) is 0. The predicted octanol–water partition coefficient (Wildman–Crippen LogP) is 1.95. The zero-order valence-electron chi connectivity index (χ0n) is 9.10. The minimum atomic E-state index is 0.283. The van der Waals surface area contributed by atoms with Crippen LogP contribution in [0.25, 0.3) is 0 Å². The summed E-state index contributed by atoms with van der Waals surface area (Å²) >= 11 is 0. The van der Waals surface area contributed by atoms with Crippen LogP contribution >= 0.6 is 0 Å². The molecule has 1 aliphatic heterocycles. The van der Waals surface area contributed by atoms with Crippen molar-refractivity contribution in [3.05, 3.63) is 0 Å². The highest BCUT2D eigenvalue weighted by Crippen LogP contribution is 2.67. The van der Waals surface area contributed by atoms with Crippen LogP contribution in [0.15, 0.2) is 0 Å². The Bertz CT molecular complexity index is 295. The Morgan fingerprint density at radius 2 is 2.21 bits per heavy atom. The van der Waals surface area contributed by atoms with E-state index in [1.165, 1.54) is 19.3 Å². The second kappa shape index (κ2) is 2.34. The van der Waals surface area contributed by atoms with Gasteiger partial charge in [-0.05, 0) is 41.9 Å². The zero-order chi connectivity index (χ0) is 9.97. The van der Waals surface area contributed by atoms with Crippen molar-refractivity contribution in [1.82, 2.24) is 5.32 Å². The number of carbonyl (C=O) groups is 1. The summed E-state index contributed by atoms with van der Waals surface area (Å²) in [5.74, 6) is 2.02. The number of hydrogen-bond donors (Lipinski definition) is 1. The molecule has 1 saturated heterocycles. The van der Waals surface area contributed by atoms with Gasteiger partial charge in [0, 0.05) is 13.0 Å². The van der Waals surface area contributed by atoms with Crippen molar-refractivity contribution in [2.75, 3.05) is 6.54 Å². The fraction of sp³-hybridized carbons (Fsp3) is 0.917. The van der Waals surface area contributed by atoms with Gasteiger partial charge in [-0.15, -0.1) is 0 Å². The molecule has 0 aromatic carbocycles. The number of fused-ring (bicyclic) bond motifs is 1. The molecule has 0 radical (unpaired) electrons. The summed E-state index contributed by atoms with van der Waals surface area (Å²) in [6.45, 7) is 5.75. The monoisotopic (exact) mass is 193 g/mol. The molecule has 4 fully saturated rings. The Morgan fingerprint density at radius 3 is 2.71 bits per heavy atom. The maximum absolute atomic E-state index is 11.4. The van der Waals surface area contributed by atoms with Crippen LogP contribution in [-0.2, 0) is 4.79 Å². The molecule has 4 aliphatic rings. The van der Waals surface area contributed by atoms with Crippen LogP contribution in [0.3, 0.4) is 0 Å².